The van der Waals surface area contributed by atoms with Gasteiger partial charge in [-0.2, -0.15) is 0 Å². The van der Waals surface area contributed by atoms with Crippen LogP contribution in [0.3, 0.4) is 0 Å². The van der Waals surface area contributed by atoms with Crippen LogP contribution in [0.4, 0.5) is 0 Å². The average Bonchev–Trinajstić information content (AvgIpc) is 2.55. The number of phenols is 1. The van der Waals surface area contributed by atoms with E-state index in [2.05, 4.69) is 18.7 Å². The molecule has 1 unspecified atom stereocenters. The van der Waals surface area contributed by atoms with E-state index >= 15 is 0 Å². The smallest absolute Gasteiger partial charge is 0.200 e. The second-order valence-corrected chi connectivity index (χ2v) is 5.99. The van der Waals surface area contributed by atoms with Crippen LogP contribution in [0.25, 0.3) is 0 Å². The van der Waals surface area contributed by atoms with Gasteiger partial charge in [0, 0.05) is 10.1 Å². The molecule has 0 aromatic heterocycles. The maximum Gasteiger partial charge on any atom is 0.200 e. The number of aromatic hydroxyl groups is 1. The summed E-state index contributed by atoms with van der Waals surface area (Å²) in [6, 6.07) is 13.9. The Morgan fingerprint density at radius 1 is 1.14 bits per heavy atom. The van der Waals surface area contributed by atoms with Gasteiger partial charge in [-0.05, 0) is 36.2 Å². The molecule has 22 heavy (non-hydrogen) atoms. The van der Waals surface area contributed by atoms with Gasteiger partial charge in [0.2, 0.25) is 5.75 Å². The van der Waals surface area contributed by atoms with Crippen molar-refractivity contribution in [3.8, 4) is 17.2 Å². The molecular formula is C18H20O3S. The van der Waals surface area contributed by atoms with Crippen molar-refractivity contribution in [1.82, 2.24) is 0 Å². The highest BCUT2D eigenvalue weighted by Crippen LogP contribution is 2.44. The number of hydrogen-bond donors (Lipinski definition) is 1. The summed E-state index contributed by atoms with van der Waals surface area (Å²) in [6.45, 7) is 3.85. The van der Waals surface area contributed by atoms with Gasteiger partial charge in [-0.15, -0.1) is 18.3 Å². The zero-order valence-corrected chi connectivity index (χ0v) is 13.6. The molecule has 0 spiro atoms. The molecule has 0 bridgehead atoms. The normalized spacial score (nSPS) is 11.7. The van der Waals surface area contributed by atoms with Gasteiger partial charge in [0.1, 0.15) is 0 Å². The van der Waals surface area contributed by atoms with Crippen LogP contribution >= 0.6 is 11.8 Å². The lowest BCUT2D eigenvalue weighted by molar-refractivity contribution is 0.339. The number of methoxy groups -OCH3 is 2. The van der Waals surface area contributed by atoms with Gasteiger partial charge in [-0.25, -0.2) is 0 Å². The van der Waals surface area contributed by atoms with Crippen LogP contribution in [0.15, 0.2) is 60.0 Å². The first-order valence-corrected chi connectivity index (χ1v) is 7.85. The van der Waals surface area contributed by atoms with Crippen LogP contribution in [0.1, 0.15) is 17.2 Å². The van der Waals surface area contributed by atoms with E-state index < -0.39 is 0 Å². The summed E-state index contributed by atoms with van der Waals surface area (Å²) in [5.74, 6) is 0.852. The van der Waals surface area contributed by atoms with Gasteiger partial charge in [-0.3, -0.25) is 0 Å². The second-order valence-electron chi connectivity index (χ2n) is 4.72. The number of thioether (sulfide) groups is 1. The highest BCUT2D eigenvalue weighted by Gasteiger charge is 2.18. The molecule has 2 aromatic carbocycles. The number of ether oxygens (including phenoxy) is 2. The largest absolute Gasteiger partial charge is 0.502 e. The molecule has 0 aliphatic carbocycles. The number of benzene rings is 2. The van der Waals surface area contributed by atoms with E-state index in [0.29, 0.717) is 11.5 Å². The molecule has 1 N–H and O–H groups in total. The molecule has 0 radical (unpaired) electrons. The summed E-state index contributed by atoms with van der Waals surface area (Å²) < 4.78 is 10.5. The molecule has 0 aliphatic rings. The maximum absolute atomic E-state index is 10.0. The molecule has 0 amide bonds. The Morgan fingerprint density at radius 3 is 2.23 bits per heavy atom. The molecule has 4 heteroatoms. The Bertz CT molecular complexity index is 600. The molecule has 0 saturated carbocycles. The first-order valence-electron chi connectivity index (χ1n) is 6.97. The first-order chi connectivity index (χ1) is 10.7. The zero-order valence-electron chi connectivity index (χ0n) is 12.8. The Balaban J connectivity index is 2.37. The van der Waals surface area contributed by atoms with Crippen molar-refractivity contribution in [2.45, 2.75) is 16.6 Å². The molecule has 3 nitrogen and oxygen atoms in total. The fourth-order valence-corrected chi connectivity index (χ4v) is 3.31. The summed E-state index contributed by atoms with van der Waals surface area (Å²) in [5.41, 5.74) is 1.03. The van der Waals surface area contributed by atoms with Crippen molar-refractivity contribution in [2.75, 3.05) is 14.2 Å². The van der Waals surface area contributed by atoms with Crippen LogP contribution in [0, 0.1) is 0 Å². The fraction of sp³-hybridized carbons (Fsp3) is 0.222. The van der Waals surface area contributed by atoms with E-state index in [0.717, 1.165) is 12.0 Å². The molecule has 116 valence electrons. The zero-order chi connectivity index (χ0) is 15.9. The number of hydrogen-bond acceptors (Lipinski definition) is 4. The van der Waals surface area contributed by atoms with Crippen molar-refractivity contribution >= 4 is 11.8 Å². The van der Waals surface area contributed by atoms with Crippen molar-refractivity contribution in [3.63, 3.8) is 0 Å². The van der Waals surface area contributed by atoms with E-state index in [1.165, 1.54) is 19.1 Å². The van der Waals surface area contributed by atoms with Crippen molar-refractivity contribution in [3.05, 3.63) is 60.7 Å². The lowest BCUT2D eigenvalue weighted by atomic mass is 10.1. The molecule has 2 aromatic rings. The third-order valence-corrected chi connectivity index (χ3v) is 4.57. The van der Waals surface area contributed by atoms with Crippen LogP contribution in [-0.4, -0.2) is 19.3 Å². The van der Waals surface area contributed by atoms with Gasteiger partial charge in [0.05, 0.1) is 14.2 Å². The lowest BCUT2D eigenvalue weighted by Crippen LogP contribution is -1.97. The van der Waals surface area contributed by atoms with E-state index in [1.807, 2.05) is 36.4 Å². The van der Waals surface area contributed by atoms with Crippen LogP contribution < -0.4 is 9.47 Å². The minimum atomic E-state index is 0.0239. The third kappa shape index (κ3) is 3.77. The van der Waals surface area contributed by atoms with Crippen molar-refractivity contribution < 1.29 is 14.6 Å². The fourth-order valence-electron chi connectivity index (χ4n) is 2.17. The summed E-state index contributed by atoms with van der Waals surface area (Å²) in [5, 5.41) is 10.2. The molecule has 0 aliphatic heterocycles. The maximum atomic E-state index is 10.0. The Labute approximate surface area is 135 Å². The standard InChI is InChI=1S/C18H20O3S/c1-4-8-17(22-14-9-6-5-7-10-14)13-11-15(20-2)18(19)16(12-13)21-3/h4-7,9-12,17,19H,1,8H2,2-3H3. The number of allylic oxidation sites excluding steroid dienone is 1. The Hall–Kier alpha value is -2.07. The third-order valence-electron chi connectivity index (χ3n) is 3.28. The van der Waals surface area contributed by atoms with Gasteiger partial charge < -0.3 is 14.6 Å². The van der Waals surface area contributed by atoms with Crippen LogP contribution in [-0.2, 0) is 0 Å². The molecule has 0 saturated heterocycles. The topological polar surface area (TPSA) is 38.7 Å². The minimum absolute atomic E-state index is 0.0239. The van der Waals surface area contributed by atoms with Crippen LogP contribution in [0.2, 0.25) is 0 Å². The predicted octanol–water partition coefficient (Wildman–Crippen LogP) is 4.82. The quantitative estimate of drug-likeness (QED) is 0.587. The SMILES string of the molecule is C=CCC(Sc1ccccc1)c1cc(OC)c(O)c(OC)c1. The number of rotatable bonds is 7. The summed E-state index contributed by atoms with van der Waals surface area (Å²) >= 11 is 1.75. The average molecular weight is 316 g/mol. The van der Waals surface area contributed by atoms with Gasteiger partial charge in [-0.1, -0.05) is 24.3 Å². The van der Waals surface area contributed by atoms with Crippen LogP contribution in [0.5, 0.6) is 17.2 Å². The van der Waals surface area contributed by atoms with E-state index in [1.54, 1.807) is 11.8 Å². The predicted molar refractivity (Wildman–Crippen MR) is 91.1 cm³/mol. The Morgan fingerprint density at radius 2 is 1.73 bits per heavy atom. The van der Waals surface area contributed by atoms with Crippen molar-refractivity contribution in [2.24, 2.45) is 0 Å². The molecule has 2 rings (SSSR count). The van der Waals surface area contributed by atoms with Gasteiger partial charge >= 0.3 is 0 Å². The lowest BCUT2D eigenvalue weighted by Gasteiger charge is -2.18. The van der Waals surface area contributed by atoms with E-state index in [-0.39, 0.29) is 11.0 Å². The molecule has 0 fully saturated rings. The van der Waals surface area contributed by atoms with Gasteiger partial charge in [0.25, 0.3) is 0 Å². The molecule has 0 heterocycles. The summed E-state index contributed by atoms with van der Waals surface area (Å²) in [6.07, 6.45) is 2.70. The van der Waals surface area contributed by atoms with E-state index in [4.69, 9.17) is 9.47 Å². The summed E-state index contributed by atoms with van der Waals surface area (Å²) in [7, 11) is 3.07. The Kier molecular flexibility index (Phi) is 5.78. The van der Waals surface area contributed by atoms with E-state index in [9.17, 15) is 5.11 Å². The highest BCUT2D eigenvalue weighted by molar-refractivity contribution is 7.99. The molecular weight excluding hydrogens is 296 g/mol. The first kappa shape index (κ1) is 16.3. The highest BCUT2D eigenvalue weighted by atomic mass is 32.2. The minimum Gasteiger partial charge on any atom is -0.502 e. The monoisotopic (exact) mass is 316 g/mol. The summed E-state index contributed by atoms with van der Waals surface area (Å²) in [4.78, 5) is 1.18. The number of phenolic OH excluding ortho intramolecular Hbond substituents is 1. The molecule has 1 atom stereocenters. The second kappa shape index (κ2) is 7.80. The van der Waals surface area contributed by atoms with Crippen molar-refractivity contribution in [1.29, 1.82) is 0 Å². The van der Waals surface area contributed by atoms with Gasteiger partial charge in [0.15, 0.2) is 11.5 Å².